The molecule has 0 bridgehead atoms. The molecule has 0 radical (unpaired) electrons. The second-order valence-electron chi connectivity index (χ2n) is 3.45. The van der Waals surface area contributed by atoms with E-state index in [9.17, 15) is 8.42 Å². The molecule has 0 aliphatic rings. The van der Waals surface area contributed by atoms with Crippen LogP contribution in [0.5, 0.6) is 0 Å². The van der Waals surface area contributed by atoms with Crippen molar-refractivity contribution >= 4 is 21.4 Å². The molecule has 2 rings (SSSR count). The van der Waals surface area contributed by atoms with E-state index in [1.165, 1.54) is 12.1 Å². The minimum Gasteiger partial charge on any atom is -0.334 e. The van der Waals surface area contributed by atoms with Crippen LogP contribution in [0.2, 0.25) is 0 Å². The molecule has 2 aromatic rings. The molecule has 0 N–H and O–H groups in total. The summed E-state index contributed by atoms with van der Waals surface area (Å²) in [6.45, 7) is 0. The fourth-order valence-electron chi connectivity index (χ4n) is 1.27. The Morgan fingerprint density at radius 1 is 1.29 bits per heavy atom. The summed E-state index contributed by atoms with van der Waals surface area (Å²) >= 11 is 5.55. The Morgan fingerprint density at radius 3 is 2.41 bits per heavy atom. The summed E-state index contributed by atoms with van der Waals surface area (Å²) in [4.78, 5) is 4.28. The highest BCUT2D eigenvalue weighted by molar-refractivity contribution is 7.90. The largest absolute Gasteiger partial charge is 0.334 e. The molecule has 0 amide bonds. The maximum absolute atomic E-state index is 11.3. The highest BCUT2D eigenvalue weighted by Gasteiger charge is 2.10. The van der Waals surface area contributed by atoms with Gasteiger partial charge >= 0.3 is 0 Å². The fourth-order valence-corrected chi connectivity index (χ4v) is 2.01. The topological polar surface area (TPSA) is 73.1 Å². The van der Waals surface area contributed by atoms with E-state index in [2.05, 4.69) is 10.1 Å². The van der Waals surface area contributed by atoms with E-state index in [4.69, 9.17) is 16.1 Å². The van der Waals surface area contributed by atoms with Crippen molar-refractivity contribution in [1.29, 1.82) is 0 Å². The van der Waals surface area contributed by atoms with E-state index >= 15 is 0 Å². The third kappa shape index (κ3) is 2.65. The summed E-state index contributed by atoms with van der Waals surface area (Å²) in [5.41, 5.74) is 0.654. The first kappa shape index (κ1) is 12.1. The Hall–Kier alpha value is -1.40. The molecule has 90 valence electrons. The molecule has 0 aliphatic carbocycles. The first-order valence-electron chi connectivity index (χ1n) is 4.70. The monoisotopic (exact) mass is 272 g/mol. The first-order chi connectivity index (χ1) is 8.00. The number of rotatable bonds is 3. The molecule has 1 aromatic carbocycles. The van der Waals surface area contributed by atoms with Crippen molar-refractivity contribution in [1.82, 2.24) is 10.1 Å². The lowest BCUT2D eigenvalue weighted by Crippen LogP contribution is -1.96. The fraction of sp³-hybridized carbons (Fsp3) is 0.200. The lowest BCUT2D eigenvalue weighted by molar-refractivity contribution is 0.425. The summed E-state index contributed by atoms with van der Waals surface area (Å²) < 4.78 is 27.5. The Bertz CT molecular complexity index is 619. The van der Waals surface area contributed by atoms with E-state index in [1.807, 2.05) is 0 Å². The zero-order chi connectivity index (χ0) is 12.5. The molecule has 7 heteroatoms. The van der Waals surface area contributed by atoms with Crippen LogP contribution in [0.4, 0.5) is 0 Å². The maximum Gasteiger partial charge on any atom is 0.257 e. The van der Waals surface area contributed by atoms with Crippen molar-refractivity contribution in [2.75, 3.05) is 6.26 Å². The summed E-state index contributed by atoms with van der Waals surface area (Å²) in [5, 5.41) is 3.65. The number of aromatic nitrogens is 2. The third-order valence-corrected chi connectivity index (χ3v) is 3.48. The Morgan fingerprint density at radius 2 is 1.94 bits per heavy atom. The van der Waals surface area contributed by atoms with Crippen LogP contribution in [-0.2, 0) is 15.7 Å². The minimum atomic E-state index is -3.19. The van der Waals surface area contributed by atoms with Gasteiger partial charge in [0.2, 0.25) is 0 Å². The average molecular weight is 273 g/mol. The summed E-state index contributed by atoms with van der Waals surface area (Å²) in [5.74, 6) is 0.889. The van der Waals surface area contributed by atoms with Crippen LogP contribution in [-0.4, -0.2) is 24.8 Å². The lowest BCUT2D eigenvalue weighted by Gasteiger charge is -1.98. The Labute approximate surface area is 103 Å². The van der Waals surface area contributed by atoms with Crippen LogP contribution in [0, 0.1) is 0 Å². The number of sulfone groups is 1. The average Bonchev–Trinajstić information content (AvgIpc) is 2.76. The van der Waals surface area contributed by atoms with Gasteiger partial charge in [0.1, 0.15) is 0 Å². The molecule has 0 saturated heterocycles. The Kier molecular flexibility index (Phi) is 3.17. The Balaban J connectivity index is 2.35. The van der Waals surface area contributed by atoms with Gasteiger partial charge in [-0.2, -0.15) is 4.98 Å². The standard InChI is InChI=1S/C10H9ClN2O3S/c1-17(14,15)8-4-2-7(3-5-8)10-12-9(6-11)13-16-10/h2-5H,6H2,1H3. The lowest BCUT2D eigenvalue weighted by atomic mass is 10.2. The number of halogens is 1. The smallest absolute Gasteiger partial charge is 0.257 e. The van der Waals surface area contributed by atoms with Crippen molar-refractivity contribution < 1.29 is 12.9 Å². The van der Waals surface area contributed by atoms with Gasteiger partial charge in [0, 0.05) is 11.8 Å². The second-order valence-corrected chi connectivity index (χ2v) is 5.73. The van der Waals surface area contributed by atoms with Crippen molar-refractivity contribution in [3.63, 3.8) is 0 Å². The van der Waals surface area contributed by atoms with Crippen LogP contribution in [0.25, 0.3) is 11.5 Å². The minimum absolute atomic E-state index is 0.172. The SMILES string of the molecule is CS(=O)(=O)c1ccc(-c2nc(CCl)no2)cc1. The van der Waals surface area contributed by atoms with Gasteiger partial charge in [-0.15, -0.1) is 11.6 Å². The molecule has 0 unspecified atom stereocenters. The third-order valence-electron chi connectivity index (χ3n) is 2.12. The van der Waals surface area contributed by atoms with Gasteiger partial charge < -0.3 is 4.52 Å². The first-order valence-corrected chi connectivity index (χ1v) is 7.12. The molecule has 0 saturated carbocycles. The summed E-state index contributed by atoms with van der Waals surface area (Å²) in [7, 11) is -3.19. The molecule has 5 nitrogen and oxygen atoms in total. The van der Waals surface area contributed by atoms with Crippen molar-refractivity contribution in [3.05, 3.63) is 30.1 Å². The molecule has 0 aliphatic heterocycles. The van der Waals surface area contributed by atoms with Gasteiger partial charge in [-0.05, 0) is 24.3 Å². The van der Waals surface area contributed by atoms with Gasteiger partial charge in [0.25, 0.3) is 5.89 Å². The van der Waals surface area contributed by atoms with Gasteiger partial charge in [-0.25, -0.2) is 8.42 Å². The zero-order valence-electron chi connectivity index (χ0n) is 8.92. The van der Waals surface area contributed by atoms with Crippen molar-refractivity contribution in [2.45, 2.75) is 10.8 Å². The zero-order valence-corrected chi connectivity index (χ0v) is 10.5. The highest BCUT2D eigenvalue weighted by Crippen LogP contribution is 2.19. The molecule has 0 spiro atoms. The van der Waals surface area contributed by atoms with Gasteiger partial charge in [0.05, 0.1) is 10.8 Å². The number of nitrogens with zero attached hydrogens (tertiary/aromatic N) is 2. The summed E-state index contributed by atoms with van der Waals surface area (Å²) in [6.07, 6.45) is 1.15. The maximum atomic E-state index is 11.3. The number of hydrogen-bond donors (Lipinski definition) is 0. The quantitative estimate of drug-likeness (QED) is 0.798. The van der Waals surface area contributed by atoms with Crippen LogP contribution < -0.4 is 0 Å². The van der Waals surface area contributed by atoms with Gasteiger partial charge in [-0.1, -0.05) is 5.16 Å². The van der Waals surface area contributed by atoms with Gasteiger partial charge in [0.15, 0.2) is 15.7 Å². The number of hydrogen-bond acceptors (Lipinski definition) is 5. The van der Waals surface area contributed by atoms with Crippen LogP contribution in [0.15, 0.2) is 33.7 Å². The van der Waals surface area contributed by atoms with Gasteiger partial charge in [-0.3, -0.25) is 0 Å². The van der Waals surface area contributed by atoms with Crippen LogP contribution >= 0.6 is 11.6 Å². The van der Waals surface area contributed by atoms with Crippen molar-refractivity contribution in [3.8, 4) is 11.5 Å². The van der Waals surface area contributed by atoms with E-state index in [0.29, 0.717) is 17.3 Å². The summed E-state index contributed by atoms with van der Waals surface area (Å²) in [6, 6.07) is 6.22. The molecule has 1 heterocycles. The number of alkyl halides is 1. The van der Waals surface area contributed by atoms with Crippen LogP contribution in [0.1, 0.15) is 5.82 Å². The molecule has 0 fully saturated rings. The molecule has 1 aromatic heterocycles. The molecule has 0 atom stereocenters. The van der Waals surface area contributed by atoms with E-state index < -0.39 is 9.84 Å². The second kappa shape index (κ2) is 4.46. The highest BCUT2D eigenvalue weighted by atomic mass is 35.5. The molecule has 17 heavy (non-hydrogen) atoms. The van der Waals surface area contributed by atoms with E-state index in [0.717, 1.165) is 6.26 Å². The predicted molar refractivity (Wildman–Crippen MR) is 62.4 cm³/mol. The van der Waals surface area contributed by atoms with E-state index in [-0.39, 0.29) is 10.8 Å². The molecular weight excluding hydrogens is 264 g/mol. The van der Waals surface area contributed by atoms with E-state index in [1.54, 1.807) is 12.1 Å². The van der Waals surface area contributed by atoms with Crippen molar-refractivity contribution in [2.24, 2.45) is 0 Å². The normalized spacial score (nSPS) is 11.6. The number of benzene rings is 1. The predicted octanol–water partition coefficient (Wildman–Crippen LogP) is 1.88. The van der Waals surface area contributed by atoms with Crippen LogP contribution in [0.3, 0.4) is 0 Å². The molecular formula is C10H9ClN2O3S.